The Morgan fingerprint density at radius 2 is 2.16 bits per heavy atom. The Hall–Kier alpha value is -2.19. The fraction of sp³-hybridized carbons (Fsp3) is 0.231. The molecule has 0 aliphatic rings. The van der Waals surface area contributed by atoms with Gasteiger partial charge in [0.15, 0.2) is 6.04 Å². The number of nitrogens with zero attached hydrogens (tertiary/aromatic N) is 1. The maximum absolute atomic E-state index is 11.7. The van der Waals surface area contributed by atoms with E-state index in [-0.39, 0.29) is 11.6 Å². The molecule has 0 aliphatic heterocycles. The number of benzene rings is 1. The van der Waals surface area contributed by atoms with Crippen molar-refractivity contribution in [1.29, 1.82) is 0 Å². The lowest BCUT2D eigenvalue weighted by Gasteiger charge is -2.20. The molecule has 2 amide bonds. The minimum absolute atomic E-state index is 0.0840. The summed E-state index contributed by atoms with van der Waals surface area (Å²) in [6, 6.07) is 4.63. The summed E-state index contributed by atoms with van der Waals surface area (Å²) < 4.78 is 0. The first kappa shape index (κ1) is 14.9. The molecule has 0 heterocycles. The fourth-order valence-electron chi connectivity index (χ4n) is 1.42. The molecule has 0 aromatic heterocycles. The van der Waals surface area contributed by atoms with Crippen molar-refractivity contribution in [3.05, 3.63) is 34.9 Å². The van der Waals surface area contributed by atoms with Crippen LogP contribution in [-0.4, -0.2) is 35.6 Å². The molecule has 1 aromatic carbocycles. The summed E-state index contributed by atoms with van der Waals surface area (Å²) in [7, 11) is 1.47. The number of carbonyl (C=O) groups is 2. The Balaban J connectivity index is 2.92. The van der Waals surface area contributed by atoms with Crippen LogP contribution >= 0.6 is 11.6 Å². The van der Waals surface area contributed by atoms with E-state index in [1.807, 2.05) is 0 Å². The molecule has 19 heavy (non-hydrogen) atoms. The van der Waals surface area contributed by atoms with Crippen molar-refractivity contribution >= 4 is 23.6 Å². The molecule has 0 spiro atoms. The van der Waals surface area contributed by atoms with Gasteiger partial charge in [0.05, 0.1) is 6.54 Å². The first-order valence-corrected chi connectivity index (χ1v) is 5.77. The molecule has 1 atom stereocenters. The summed E-state index contributed by atoms with van der Waals surface area (Å²) in [4.78, 5) is 24.2. The van der Waals surface area contributed by atoms with Crippen molar-refractivity contribution < 1.29 is 14.7 Å². The summed E-state index contributed by atoms with van der Waals surface area (Å²) in [5.41, 5.74) is 0.319. The van der Waals surface area contributed by atoms with Gasteiger partial charge in [0.1, 0.15) is 0 Å². The van der Waals surface area contributed by atoms with Crippen LogP contribution in [0.3, 0.4) is 0 Å². The highest BCUT2D eigenvalue weighted by atomic mass is 35.5. The highest BCUT2D eigenvalue weighted by Crippen LogP contribution is 2.22. The zero-order valence-electron chi connectivity index (χ0n) is 10.3. The van der Waals surface area contributed by atoms with Crippen molar-refractivity contribution in [2.24, 2.45) is 0 Å². The third kappa shape index (κ3) is 3.90. The molecule has 2 N–H and O–H groups in total. The number of carboxylic acids is 1. The Kier molecular flexibility index (Phi) is 5.22. The number of hydrogen-bond acceptors (Lipinski definition) is 2. The largest absolute Gasteiger partial charge is 0.479 e. The molecule has 0 saturated heterocycles. The zero-order chi connectivity index (χ0) is 14.4. The average Bonchev–Trinajstić information content (AvgIpc) is 2.36. The number of carbonyl (C=O) groups excluding carboxylic acids is 1. The number of aliphatic carboxylic acids is 1. The summed E-state index contributed by atoms with van der Waals surface area (Å²) in [6.45, 7) is 0.0840. The average molecular weight is 281 g/mol. The van der Waals surface area contributed by atoms with Crippen LogP contribution in [0.2, 0.25) is 5.02 Å². The van der Waals surface area contributed by atoms with Gasteiger partial charge in [-0.15, -0.1) is 6.42 Å². The van der Waals surface area contributed by atoms with Crippen LogP contribution in [0.15, 0.2) is 24.3 Å². The van der Waals surface area contributed by atoms with Crippen molar-refractivity contribution in [1.82, 2.24) is 10.2 Å². The Morgan fingerprint density at radius 3 is 2.68 bits per heavy atom. The third-order valence-corrected chi connectivity index (χ3v) is 2.75. The zero-order valence-corrected chi connectivity index (χ0v) is 11.0. The van der Waals surface area contributed by atoms with Crippen molar-refractivity contribution in [2.75, 3.05) is 13.6 Å². The quantitative estimate of drug-likeness (QED) is 0.826. The number of rotatable bonds is 4. The van der Waals surface area contributed by atoms with Gasteiger partial charge < -0.3 is 15.3 Å². The van der Waals surface area contributed by atoms with E-state index in [9.17, 15) is 14.7 Å². The molecule has 0 aliphatic carbocycles. The summed E-state index contributed by atoms with van der Waals surface area (Å²) in [5, 5.41) is 11.8. The summed E-state index contributed by atoms with van der Waals surface area (Å²) in [6.07, 6.45) is 5.08. The number of carboxylic acid groups (broad SMARTS) is 1. The van der Waals surface area contributed by atoms with E-state index in [0.29, 0.717) is 5.56 Å². The SMILES string of the molecule is C#CCN(C)C(=O)N[C@@H](C(=O)O)c1ccccc1Cl. The van der Waals surface area contributed by atoms with Crippen LogP contribution in [-0.2, 0) is 4.79 Å². The second-order valence-corrected chi connectivity index (χ2v) is 4.21. The number of urea groups is 1. The van der Waals surface area contributed by atoms with E-state index in [1.54, 1.807) is 24.3 Å². The molecule has 100 valence electrons. The van der Waals surface area contributed by atoms with Gasteiger partial charge in [-0.05, 0) is 6.07 Å². The van der Waals surface area contributed by atoms with Crippen LogP contribution in [0, 0.1) is 12.3 Å². The standard InChI is InChI=1S/C13H13ClN2O3/c1-3-8-16(2)13(19)15-11(12(17)18)9-6-4-5-7-10(9)14/h1,4-7,11H,8H2,2H3,(H,15,19)(H,17,18)/t11-/m1/s1. The Bertz CT molecular complexity index is 525. The lowest BCUT2D eigenvalue weighted by molar-refractivity contribution is -0.139. The van der Waals surface area contributed by atoms with Gasteiger partial charge in [0.25, 0.3) is 0 Å². The first-order valence-electron chi connectivity index (χ1n) is 5.39. The van der Waals surface area contributed by atoms with Gasteiger partial charge in [0.2, 0.25) is 0 Å². The number of halogens is 1. The summed E-state index contributed by atoms with van der Waals surface area (Å²) >= 11 is 5.93. The van der Waals surface area contributed by atoms with Crippen molar-refractivity contribution in [3.63, 3.8) is 0 Å². The van der Waals surface area contributed by atoms with Gasteiger partial charge in [-0.25, -0.2) is 9.59 Å². The number of terminal acetylenes is 1. The topological polar surface area (TPSA) is 69.6 Å². The lowest BCUT2D eigenvalue weighted by Crippen LogP contribution is -2.42. The van der Waals surface area contributed by atoms with Crippen molar-refractivity contribution in [2.45, 2.75) is 6.04 Å². The molecule has 0 fully saturated rings. The van der Waals surface area contributed by atoms with Gasteiger partial charge in [-0.1, -0.05) is 35.7 Å². The van der Waals surface area contributed by atoms with Gasteiger partial charge in [0, 0.05) is 17.6 Å². The van der Waals surface area contributed by atoms with Gasteiger partial charge in [-0.2, -0.15) is 0 Å². The molecule has 0 bridgehead atoms. The molecule has 1 aromatic rings. The van der Waals surface area contributed by atoms with E-state index < -0.39 is 18.0 Å². The van der Waals surface area contributed by atoms with Crippen molar-refractivity contribution in [3.8, 4) is 12.3 Å². The normalized spacial score (nSPS) is 11.2. The molecule has 6 heteroatoms. The van der Waals surface area contributed by atoms with Gasteiger partial charge in [-0.3, -0.25) is 0 Å². The number of amides is 2. The van der Waals surface area contributed by atoms with Gasteiger partial charge >= 0.3 is 12.0 Å². The minimum atomic E-state index is -1.22. The molecular formula is C13H13ClN2O3. The van der Waals surface area contributed by atoms with Crippen LogP contribution < -0.4 is 5.32 Å². The van der Waals surface area contributed by atoms with Crippen LogP contribution in [0.4, 0.5) is 4.79 Å². The van der Waals surface area contributed by atoms with Crippen LogP contribution in [0.5, 0.6) is 0 Å². The third-order valence-electron chi connectivity index (χ3n) is 2.41. The molecule has 5 nitrogen and oxygen atoms in total. The predicted molar refractivity (Wildman–Crippen MR) is 71.8 cm³/mol. The summed E-state index contributed by atoms with van der Waals surface area (Å²) in [5.74, 6) is 1.10. The number of nitrogens with one attached hydrogen (secondary N) is 1. The maximum atomic E-state index is 11.7. The van der Waals surface area contributed by atoms with E-state index in [0.717, 1.165) is 0 Å². The molecule has 1 rings (SSSR count). The minimum Gasteiger partial charge on any atom is -0.479 e. The highest BCUT2D eigenvalue weighted by Gasteiger charge is 2.25. The molecule has 0 radical (unpaired) electrons. The second-order valence-electron chi connectivity index (χ2n) is 3.80. The molecule has 0 saturated carbocycles. The first-order chi connectivity index (χ1) is 8.97. The highest BCUT2D eigenvalue weighted by molar-refractivity contribution is 6.31. The molecular weight excluding hydrogens is 268 g/mol. The molecule has 0 unspecified atom stereocenters. The van der Waals surface area contributed by atoms with E-state index in [2.05, 4.69) is 11.2 Å². The van der Waals surface area contributed by atoms with E-state index >= 15 is 0 Å². The van der Waals surface area contributed by atoms with E-state index in [4.69, 9.17) is 18.0 Å². The number of hydrogen-bond donors (Lipinski definition) is 2. The van der Waals surface area contributed by atoms with Crippen LogP contribution in [0.1, 0.15) is 11.6 Å². The Morgan fingerprint density at radius 1 is 1.53 bits per heavy atom. The maximum Gasteiger partial charge on any atom is 0.331 e. The monoisotopic (exact) mass is 280 g/mol. The second kappa shape index (κ2) is 6.66. The predicted octanol–water partition coefficient (Wildman–Crippen LogP) is 1.74. The fourth-order valence-corrected chi connectivity index (χ4v) is 1.67. The Labute approximate surface area is 116 Å². The van der Waals surface area contributed by atoms with Crippen LogP contribution in [0.25, 0.3) is 0 Å². The van der Waals surface area contributed by atoms with E-state index in [1.165, 1.54) is 11.9 Å². The smallest absolute Gasteiger partial charge is 0.331 e. The lowest BCUT2D eigenvalue weighted by atomic mass is 10.1.